The second-order valence-corrected chi connectivity index (χ2v) is 4.06. The topological polar surface area (TPSA) is 160 Å². The normalized spacial score (nSPS) is 11.8. The molecule has 0 bridgehead atoms. The number of carboxylic acid groups (broad SMARTS) is 2. The molecule has 20 heavy (non-hydrogen) atoms. The van der Waals surface area contributed by atoms with Crippen LogP contribution in [0.15, 0.2) is 6.20 Å². The zero-order chi connectivity index (χ0) is 15.1. The fraction of sp³-hybridized carbons (Fsp3) is 0.500. The summed E-state index contributed by atoms with van der Waals surface area (Å²) in [7, 11) is 0. The first-order valence-corrected chi connectivity index (χ1v) is 5.74. The number of nitrogens with zero attached hydrogens (tertiary/aromatic N) is 3. The van der Waals surface area contributed by atoms with Crippen LogP contribution in [0.4, 0.5) is 0 Å². The summed E-state index contributed by atoms with van der Waals surface area (Å²) in [6, 6.07) is -0.917. The lowest BCUT2D eigenvalue weighted by molar-refractivity contribution is -0.138. The molecule has 10 nitrogen and oxygen atoms in total. The molecule has 1 atom stereocenters. The van der Waals surface area contributed by atoms with Crippen LogP contribution in [0.25, 0.3) is 0 Å². The number of amides is 1. The van der Waals surface area contributed by atoms with Crippen LogP contribution >= 0.6 is 0 Å². The SMILES string of the molecule is NC(CCC(=O)O)C(=O)NCc1cn(CC(=O)O)nn1. The molecule has 5 N–H and O–H groups in total. The number of nitrogens with one attached hydrogen (secondary N) is 1. The molecule has 0 aliphatic rings. The van der Waals surface area contributed by atoms with Crippen molar-refractivity contribution in [1.29, 1.82) is 0 Å². The molecule has 1 unspecified atom stereocenters. The Kier molecular flexibility index (Phi) is 5.59. The van der Waals surface area contributed by atoms with Gasteiger partial charge < -0.3 is 21.3 Å². The Morgan fingerprint density at radius 2 is 2.05 bits per heavy atom. The van der Waals surface area contributed by atoms with Gasteiger partial charge in [-0.15, -0.1) is 5.10 Å². The predicted octanol–water partition coefficient (Wildman–Crippen LogP) is -1.83. The molecule has 0 saturated heterocycles. The molecule has 10 heteroatoms. The predicted molar refractivity (Wildman–Crippen MR) is 64.3 cm³/mol. The van der Waals surface area contributed by atoms with Crippen molar-refractivity contribution in [2.75, 3.05) is 0 Å². The van der Waals surface area contributed by atoms with E-state index < -0.39 is 23.9 Å². The lowest BCUT2D eigenvalue weighted by atomic mass is 10.1. The lowest BCUT2D eigenvalue weighted by Gasteiger charge is -2.09. The monoisotopic (exact) mass is 285 g/mol. The van der Waals surface area contributed by atoms with Gasteiger partial charge in [-0.1, -0.05) is 5.21 Å². The van der Waals surface area contributed by atoms with Gasteiger partial charge in [0.25, 0.3) is 0 Å². The summed E-state index contributed by atoms with van der Waals surface area (Å²) in [6.07, 6.45) is 1.23. The van der Waals surface area contributed by atoms with Crippen LogP contribution in [0, 0.1) is 0 Å². The van der Waals surface area contributed by atoms with E-state index in [9.17, 15) is 14.4 Å². The van der Waals surface area contributed by atoms with Gasteiger partial charge in [0.2, 0.25) is 5.91 Å². The molecular formula is C10H15N5O5. The van der Waals surface area contributed by atoms with Crippen LogP contribution in [0.5, 0.6) is 0 Å². The summed E-state index contributed by atoms with van der Waals surface area (Å²) >= 11 is 0. The second kappa shape index (κ2) is 7.19. The number of carboxylic acids is 2. The minimum Gasteiger partial charge on any atom is -0.481 e. The van der Waals surface area contributed by atoms with E-state index in [1.165, 1.54) is 6.20 Å². The summed E-state index contributed by atoms with van der Waals surface area (Å²) in [5, 5.41) is 26.7. The standard InChI is InChI=1S/C10H15N5O5/c11-7(1-2-8(16)17)10(20)12-3-6-4-15(14-13-6)5-9(18)19/h4,7H,1-3,5,11H2,(H,12,20)(H,16,17)(H,18,19). The van der Waals surface area contributed by atoms with Crippen LogP contribution in [0.3, 0.4) is 0 Å². The van der Waals surface area contributed by atoms with E-state index in [4.69, 9.17) is 15.9 Å². The molecule has 1 heterocycles. The largest absolute Gasteiger partial charge is 0.481 e. The third-order valence-electron chi connectivity index (χ3n) is 2.33. The zero-order valence-electron chi connectivity index (χ0n) is 10.5. The third kappa shape index (κ3) is 5.44. The van der Waals surface area contributed by atoms with E-state index >= 15 is 0 Å². The molecule has 0 radical (unpaired) electrons. The van der Waals surface area contributed by atoms with Crippen molar-refractivity contribution < 1.29 is 24.6 Å². The third-order valence-corrected chi connectivity index (χ3v) is 2.33. The molecule has 0 saturated carbocycles. The number of carbonyl (C=O) groups excluding carboxylic acids is 1. The first-order chi connectivity index (χ1) is 9.38. The van der Waals surface area contributed by atoms with Crippen LogP contribution in [0.2, 0.25) is 0 Å². The molecule has 0 aliphatic carbocycles. The quantitative estimate of drug-likeness (QED) is 0.433. The average Bonchev–Trinajstić information content (AvgIpc) is 2.79. The summed E-state index contributed by atoms with van der Waals surface area (Å²) in [5.41, 5.74) is 5.89. The number of carbonyl (C=O) groups is 3. The Labute approximate surface area is 113 Å². The highest BCUT2D eigenvalue weighted by Gasteiger charge is 2.15. The van der Waals surface area contributed by atoms with Gasteiger partial charge in [-0.3, -0.25) is 14.4 Å². The highest BCUT2D eigenvalue weighted by Crippen LogP contribution is 1.97. The van der Waals surface area contributed by atoms with Crippen molar-refractivity contribution in [2.24, 2.45) is 5.73 Å². The maximum absolute atomic E-state index is 11.5. The molecule has 0 aliphatic heterocycles. The maximum atomic E-state index is 11.5. The van der Waals surface area contributed by atoms with Crippen molar-refractivity contribution in [3.63, 3.8) is 0 Å². The highest BCUT2D eigenvalue weighted by atomic mass is 16.4. The van der Waals surface area contributed by atoms with Gasteiger partial charge in [-0.05, 0) is 6.42 Å². The zero-order valence-corrected chi connectivity index (χ0v) is 10.5. The summed E-state index contributed by atoms with van der Waals surface area (Å²) < 4.78 is 1.12. The van der Waals surface area contributed by atoms with E-state index in [1.807, 2.05) is 0 Å². The highest BCUT2D eigenvalue weighted by molar-refractivity contribution is 5.82. The molecule has 0 spiro atoms. The Morgan fingerprint density at radius 1 is 1.35 bits per heavy atom. The molecule has 1 rings (SSSR count). The number of hydrogen-bond acceptors (Lipinski definition) is 6. The maximum Gasteiger partial charge on any atom is 0.325 e. The Hall–Kier alpha value is -2.49. The van der Waals surface area contributed by atoms with Gasteiger partial charge in [0.1, 0.15) is 12.2 Å². The van der Waals surface area contributed by atoms with Crippen molar-refractivity contribution in [1.82, 2.24) is 20.3 Å². The van der Waals surface area contributed by atoms with E-state index in [2.05, 4.69) is 15.6 Å². The molecule has 1 aromatic heterocycles. The fourth-order valence-electron chi connectivity index (χ4n) is 1.35. The van der Waals surface area contributed by atoms with E-state index in [-0.39, 0.29) is 25.9 Å². The first-order valence-electron chi connectivity index (χ1n) is 5.74. The molecule has 1 aromatic rings. The van der Waals surface area contributed by atoms with Crippen LogP contribution in [-0.4, -0.2) is 49.1 Å². The second-order valence-electron chi connectivity index (χ2n) is 4.06. The van der Waals surface area contributed by atoms with Crippen LogP contribution in [0.1, 0.15) is 18.5 Å². The number of rotatable bonds is 8. The van der Waals surface area contributed by atoms with Gasteiger partial charge in [0.05, 0.1) is 18.8 Å². The molecule has 0 fully saturated rings. The molecule has 110 valence electrons. The fourth-order valence-corrected chi connectivity index (χ4v) is 1.35. The van der Waals surface area contributed by atoms with Gasteiger partial charge in [0.15, 0.2) is 0 Å². The van der Waals surface area contributed by atoms with Gasteiger partial charge in [-0.25, -0.2) is 4.68 Å². The summed E-state index contributed by atoms with van der Waals surface area (Å²) in [5.74, 6) is -2.58. The van der Waals surface area contributed by atoms with Crippen molar-refractivity contribution in [3.8, 4) is 0 Å². The van der Waals surface area contributed by atoms with E-state index in [1.54, 1.807) is 0 Å². The summed E-state index contributed by atoms with van der Waals surface area (Å²) in [4.78, 5) is 32.3. The molecule has 1 amide bonds. The molecule has 0 aromatic carbocycles. The number of aliphatic carboxylic acids is 2. The minimum absolute atomic E-state index is 0.0346. The van der Waals surface area contributed by atoms with Crippen molar-refractivity contribution in [2.45, 2.75) is 32.0 Å². The number of nitrogens with two attached hydrogens (primary N) is 1. The first kappa shape index (κ1) is 15.6. The average molecular weight is 285 g/mol. The van der Waals surface area contributed by atoms with Gasteiger partial charge in [0, 0.05) is 6.42 Å². The number of aromatic nitrogens is 3. The van der Waals surface area contributed by atoms with Crippen LogP contribution in [-0.2, 0) is 27.5 Å². The van der Waals surface area contributed by atoms with E-state index in [0.717, 1.165) is 4.68 Å². The van der Waals surface area contributed by atoms with Crippen LogP contribution < -0.4 is 11.1 Å². The van der Waals surface area contributed by atoms with Crippen molar-refractivity contribution in [3.05, 3.63) is 11.9 Å². The lowest BCUT2D eigenvalue weighted by Crippen LogP contribution is -2.40. The Bertz CT molecular complexity index is 500. The van der Waals surface area contributed by atoms with Crippen molar-refractivity contribution >= 4 is 17.8 Å². The molecular weight excluding hydrogens is 270 g/mol. The van der Waals surface area contributed by atoms with E-state index in [0.29, 0.717) is 5.69 Å². The van der Waals surface area contributed by atoms with Gasteiger partial charge >= 0.3 is 11.9 Å². The van der Waals surface area contributed by atoms with Gasteiger partial charge in [-0.2, -0.15) is 0 Å². The summed E-state index contributed by atoms with van der Waals surface area (Å²) in [6.45, 7) is -0.279. The Morgan fingerprint density at radius 3 is 2.65 bits per heavy atom. The smallest absolute Gasteiger partial charge is 0.325 e. The Balaban J connectivity index is 2.38. The number of hydrogen-bond donors (Lipinski definition) is 4. The minimum atomic E-state index is -1.05.